The summed E-state index contributed by atoms with van der Waals surface area (Å²) in [6.45, 7) is 5.05. The number of hydrogen-bond acceptors (Lipinski definition) is 5. The molecule has 1 fully saturated rings. The number of carbonyl (C=O) groups is 1. The molecule has 1 saturated heterocycles. The van der Waals surface area contributed by atoms with E-state index in [0.717, 1.165) is 35.7 Å². The van der Waals surface area contributed by atoms with Crippen LogP contribution >= 0.6 is 11.3 Å². The number of rotatable bonds is 3. The molecule has 124 valence electrons. The Labute approximate surface area is 139 Å². The number of aromatic nitrogens is 3. The fourth-order valence-electron chi connectivity index (χ4n) is 2.98. The summed E-state index contributed by atoms with van der Waals surface area (Å²) in [5.41, 5.74) is 1.69. The minimum absolute atomic E-state index is 0.0282. The topological polar surface area (TPSA) is 71.2 Å². The highest BCUT2D eigenvalue weighted by Crippen LogP contribution is 2.30. The van der Waals surface area contributed by atoms with Crippen molar-refractivity contribution in [3.05, 3.63) is 23.0 Å². The van der Waals surface area contributed by atoms with Gasteiger partial charge in [-0.05, 0) is 26.7 Å². The largest absolute Gasteiger partial charge is 0.393 e. The summed E-state index contributed by atoms with van der Waals surface area (Å²) in [6, 6.07) is 0. The molecule has 3 rings (SSSR count). The smallest absolute Gasteiger partial charge is 0.265 e. The maximum absolute atomic E-state index is 12.8. The molecule has 7 heteroatoms. The Bertz CT molecular complexity index is 707. The first kappa shape index (κ1) is 16.1. The average Bonchev–Trinajstić information content (AvgIpc) is 3.12. The van der Waals surface area contributed by atoms with Crippen LogP contribution in [0.1, 0.15) is 35.1 Å². The number of amides is 1. The lowest BCUT2D eigenvalue weighted by molar-refractivity contribution is 0.0469. The monoisotopic (exact) mass is 334 g/mol. The van der Waals surface area contributed by atoms with Gasteiger partial charge in [-0.3, -0.25) is 9.48 Å². The zero-order valence-electron chi connectivity index (χ0n) is 13.7. The number of carbonyl (C=O) groups excluding carboxylic acids is 1. The second-order valence-electron chi connectivity index (χ2n) is 6.23. The van der Waals surface area contributed by atoms with Crippen LogP contribution in [0.3, 0.4) is 0 Å². The predicted octanol–water partition coefficient (Wildman–Crippen LogP) is 2.09. The molecule has 0 bridgehead atoms. The van der Waals surface area contributed by atoms with Gasteiger partial charge in [-0.25, -0.2) is 4.98 Å². The van der Waals surface area contributed by atoms with Gasteiger partial charge < -0.3 is 10.0 Å². The lowest BCUT2D eigenvalue weighted by Crippen LogP contribution is -2.42. The van der Waals surface area contributed by atoms with Gasteiger partial charge in [-0.2, -0.15) is 5.10 Å². The first-order valence-corrected chi connectivity index (χ1v) is 8.71. The third kappa shape index (κ3) is 3.30. The van der Waals surface area contributed by atoms with Crippen LogP contribution < -0.4 is 0 Å². The Morgan fingerprint density at radius 2 is 2.30 bits per heavy atom. The Balaban J connectivity index is 1.81. The van der Waals surface area contributed by atoms with Crippen LogP contribution in [0.2, 0.25) is 0 Å². The van der Waals surface area contributed by atoms with E-state index in [1.807, 2.05) is 25.1 Å². The van der Waals surface area contributed by atoms with Crippen molar-refractivity contribution in [1.82, 2.24) is 19.7 Å². The van der Waals surface area contributed by atoms with Gasteiger partial charge in [0.05, 0.1) is 18.0 Å². The molecule has 1 aliphatic rings. The Kier molecular flexibility index (Phi) is 4.50. The third-order valence-corrected chi connectivity index (χ3v) is 5.56. The fraction of sp³-hybridized carbons (Fsp3) is 0.562. The number of aryl methyl sites for hydroxylation is 2. The van der Waals surface area contributed by atoms with E-state index in [9.17, 15) is 9.90 Å². The average molecular weight is 334 g/mol. The van der Waals surface area contributed by atoms with E-state index in [-0.39, 0.29) is 17.9 Å². The van der Waals surface area contributed by atoms with Crippen molar-refractivity contribution < 1.29 is 9.90 Å². The summed E-state index contributed by atoms with van der Waals surface area (Å²) in [5.74, 6) is 0.194. The standard InChI is InChI=1S/C16H22N4O2S/c1-10-14(23-15(18-10)13-7-17-19(3)8-13)16(22)20-6-4-5-12(9-20)11(2)21/h7-8,11-12,21H,4-6,9H2,1-3H3. The number of thiazole rings is 1. The number of likely N-dealkylation sites (tertiary alicyclic amines) is 1. The molecule has 23 heavy (non-hydrogen) atoms. The predicted molar refractivity (Wildman–Crippen MR) is 89.4 cm³/mol. The lowest BCUT2D eigenvalue weighted by Gasteiger charge is -2.34. The first-order chi connectivity index (χ1) is 11.0. The van der Waals surface area contributed by atoms with Crippen molar-refractivity contribution in [3.63, 3.8) is 0 Å². The van der Waals surface area contributed by atoms with Crippen LogP contribution in [0, 0.1) is 12.8 Å². The molecular weight excluding hydrogens is 312 g/mol. The van der Waals surface area contributed by atoms with Crippen molar-refractivity contribution >= 4 is 17.2 Å². The van der Waals surface area contributed by atoms with Gasteiger partial charge in [0.2, 0.25) is 0 Å². The molecule has 6 nitrogen and oxygen atoms in total. The zero-order chi connectivity index (χ0) is 16.6. The zero-order valence-corrected chi connectivity index (χ0v) is 14.5. The van der Waals surface area contributed by atoms with Crippen LogP contribution in [-0.2, 0) is 7.05 Å². The summed E-state index contributed by atoms with van der Waals surface area (Å²) in [7, 11) is 1.86. The molecule has 2 unspecified atom stereocenters. The summed E-state index contributed by atoms with van der Waals surface area (Å²) >= 11 is 1.42. The van der Waals surface area contributed by atoms with Gasteiger partial charge in [-0.15, -0.1) is 11.3 Å². The van der Waals surface area contributed by atoms with Gasteiger partial charge in [0.25, 0.3) is 5.91 Å². The van der Waals surface area contributed by atoms with Crippen molar-refractivity contribution in [2.24, 2.45) is 13.0 Å². The third-order valence-electron chi connectivity index (χ3n) is 4.37. The lowest BCUT2D eigenvalue weighted by atomic mass is 9.93. The van der Waals surface area contributed by atoms with E-state index in [1.165, 1.54) is 11.3 Å². The Morgan fingerprint density at radius 1 is 1.52 bits per heavy atom. The molecule has 0 spiro atoms. The molecule has 0 aliphatic carbocycles. The molecule has 0 saturated carbocycles. The molecule has 2 aromatic rings. The van der Waals surface area contributed by atoms with E-state index in [1.54, 1.807) is 17.8 Å². The van der Waals surface area contributed by atoms with Crippen LogP contribution in [0.15, 0.2) is 12.4 Å². The van der Waals surface area contributed by atoms with Crippen LogP contribution in [0.5, 0.6) is 0 Å². The summed E-state index contributed by atoms with van der Waals surface area (Å²) < 4.78 is 1.73. The van der Waals surface area contributed by atoms with Gasteiger partial charge in [0.15, 0.2) is 0 Å². The molecule has 1 N–H and O–H groups in total. The van der Waals surface area contributed by atoms with Crippen molar-refractivity contribution in [2.45, 2.75) is 32.8 Å². The first-order valence-electron chi connectivity index (χ1n) is 7.89. The molecule has 2 atom stereocenters. The summed E-state index contributed by atoms with van der Waals surface area (Å²) in [6.07, 6.45) is 5.20. The molecule has 1 amide bonds. The van der Waals surface area contributed by atoms with Crippen molar-refractivity contribution in [2.75, 3.05) is 13.1 Å². The quantitative estimate of drug-likeness (QED) is 0.933. The highest BCUT2D eigenvalue weighted by atomic mass is 32.1. The van der Waals surface area contributed by atoms with E-state index < -0.39 is 0 Å². The molecule has 1 aliphatic heterocycles. The van der Waals surface area contributed by atoms with Gasteiger partial charge in [0.1, 0.15) is 9.88 Å². The summed E-state index contributed by atoms with van der Waals surface area (Å²) in [5, 5.41) is 14.8. The van der Waals surface area contributed by atoms with Gasteiger partial charge in [0, 0.05) is 37.8 Å². The summed E-state index contributed by atoms with van der Waals surface area (Å²) in [4.78, 5) is 19.9. The van der Waals surface area contributed by atoms with E-state index in [4.69, 9.17) is 0 Å². The highest BCUT2D eigenvalue weighted by Gasteiger charge is 2.29. The molecule has 3 heterocycles. The number of aliphatic hydroxyl groups is 1. The molecule has 2 aromatic heterocycles. The SMILES string of the molecule is Cc1nc(-c2cnn(C)c2)sc1C(=O)N1CCCC(C(C)O)C1. The van der Waals surface area contributed by atoms with E-state index in [0.29, 0.717) is 11.4 Å². The van der Waals surface area contributed by atoms with Gasteiger partial charge in [-0.1, -0.05) is 0 Å². The van der Waals surface area contributed by atoms with Gasteiger partial charge >= 0.3 is 0 Å². The minimum atomic E-state index is -0.376. The fourth-order valence-corrected chi connectivity index (χ4v) is 3.99. The number of aliphatic hydroxyl groups excluding tert-OH is 1. The van der Waals surface area contributed by atoms with E-state index in [2.05, 4.69) is 10.1 Å². The Morgan fingerprint density at radius 3 is 2.96 bits per heavy atom. The number of hydrogen-bond donors (Lipinski definition) is 1. The minimum Gasteiger partial charge on any atom is -0.393 e. The van der Waals surface area contributed by atoms with Crippen molar-refractivity contribution in [3.8, 4) is 10.6 Å². The molecule has 0 aromatic carbocycles. The normalized spacial score (nSPS) is 19.8. The molecule has 0 radical (unpaired) electrons. The highest BCUT2D eigenvalue weighted by molar-refractivity contribution is 7.17. The van der Waals surface area contributed by atoms with Crippen LogP contribution in [-0.4, -0.2) is 49.9 Å². The van der Waals surface area contributed by atoms with Crippen LogP contribution in [0.25, 0.3) is 10.6 Å². The molecular formula is C16H22N4O2S. The Hall–Kier alpha value is -1.73. The van der Waals surface area contributed by atoms with Crippen molar-refractivity contribution in [1.29, 1.82) is 0 Å². The maximum atomic E-state index is 12.8. The van der Waals surface area contributed by atoms with E-state index >= 15 is 0 Å². The number of piperidine rings is 1. The second kappa shape index (κ2) is 6.41. The van der Waals surface area contributed by atoms with Crippen LogP contribution in [0.4, 0.5) is 0 Å². The maximum Gasteiger partial charge on any atom is 0.265 e. The second-order valence-corrected chi connectivity index (χ2v) is 7.23. The number of nitrogens with zero attached hydrogens (tertiary/aromatic N) is 4.